The molecule has 3 heteroatoms. The second-order valence-corrected chi connectivity index (χ2v) is 5.31. The molecule has 1 aliphatic rings. The summed E-state index contributed by atoms with van der Waals surface area (Å²) in [5.74, 6) is 0.861. The largest absolute Gasteiger partial charge is 0.374 e. The van der Waals surface area contributed by atoms with Crippen LogP contribution in [0.4, 0.5) is 5.69 Å². The number of hydrogen-bond acceptors (Lipinski definition) is 2. The van der Waals surface area contributed by atoms with E-state index in [1.165, 1.54) is 24.9 Å². The first-order valence-corrected chi connectivity index (χ1v) is 6.41. The van der Waals surface area contributed by atoms with E-state index in [1.54, 1.807) is 0 Å². The summed E-state index contributed by atoms with van der Waals surface area (Å²) < 4.78 is 0.882. The molecular formula is C13H15BrN2. The zero-order chi connectivity index (χ0) is 11.5. The summed E-state index contributed by atoms with van der Waals surface area (Å²) in [5.41, 5.74) is 1.87. The summed E-state index contributed by atoms with van der Waals surface area (Å²) in [6, 6.07) is 8.07. The van der Waals surface area contributed by atoms with Crippen molar-refractivity contribution in [2.75, 3.05) is 18.5 Å². The first-order chi connectivity index (χ1) is 7.70. The number of benzene rings is 1. The van der Waals surface area contributed by atoms with E-state index in [1.807, 2.05) is 18.2 Å². The minimum atomic E-state index is 0.695. The third-order valence-electron chi connectivity index (χ3n) is 3.27. The molecule has 1 aromatic rings. The van der Waals surface area contributed by atoms with Gasteiger partial charge in [0.25, 0.3) is 0 Å². The second kappa shape index (κ2) is 4.88. The molecule has 0 amide bonds. The Bertz CT molecular complexity index is 418. The van der Waals surface area contributed by atoms with Gasteiger partial charge in [-0.3, -0.25) is 0 Å². The van der Waals surface area contributed by atoms with Crippen LogP contribution in [0, 0.1) is 17.2 Å². The van der Waals surface area contributed by atoms with E-state index >= 15 is 0 Å². The quantitative estimate of drug-likeness (QED) is 0.846. The lowest BCUT2D eigenvalue weighted by atomic mass is 9.85. The summed E-state index contributed by atoms with van der Waals surface area (Å²) >= 11 is 3.42. The lowest BCUT2D eigenvalue weighted by molar-refractivity contribution is 0.321. The second-order valence-electron chi connectivity index (χ2n) is 4.45. The molecule has 0 saturated heterocycles. The fraction of sp³-hybridized carbons (Fsp3) is 0.462. The Morgan fingerprint density at radius 2 is 2.25 bits per heavy atom. The molecule has 0 aromatic heterocycles. The van der Waals surface area contributed by atoms with Crippen molar-refractivity contribution < 1.29 is 0 Å². The summed E-state index contributed by atoms with van der Waals surface area (Å²) in [6.45, 7) is 1.12. The normalized spacial score (nSPS) is 15.3. The first kappa shape index (κ1) is 11.5. The standard InChI is InChI=1S/C13H15BrN2/c1-16(9-10-3-2-4-10)12-6-5-11(8-15)13(14)7-12/h5-7,10H,2-4,9H2,1H3. The Morgan fingerprint density at radius 3 is 2.75 bits per heavy atom. The van der Waals surface area contributed by atoms with Crippen LogP contribution in [0.3, 0.4) is 0 Å². The van der Waals surface area contributed by atoms with Gasteiger partial charge in [0.2, 0.25) is 0 Å². The zero-order valence-corrected chi connectivity index (χ0v) is 11.0. The average Bonchev–Trinajstić information content (AvgIpc) is 2.23. The van der Waals surface area contributed by atoms with Gasteiger partial charge in [-0.25, -0.2) is 0 Å². The zero-order valence-electron chi connectivity index (χ0n) is 9.41. The van der Waals surface area contributed by atoms with E-state index in [9.17, 15) is 0 Å². The van der Waals surface area contributed by atoms with E-state index < -0.39 is 0 Å². The molecule has 1 aromatic carbocycles. The minimum Gasteiger partial charge on any atom is -0.374 e. The molecule has 2 nitrogen and oxygen atoms in total. The maximum absolute atomic E-state index is 8.85. The van der Waals surface area contributed by atoms with Crippen LogP contribution in [0.25, 0.3) is 0 Å². The molecule has 1 saturated carbocycles. The van der Waals surface area contributed by atoms with E-state index in [-0.39, 0.29) is 0 Å². The van der Waals surface area contributed by atoms with Crippen molar-refractivity contribution in [1.29, 1.82) is 5.26 Å². The molecule has 0 aliphatic heterocycles. The van der Waals surface area contributed by atoms with Gasteiger partial charge < -0.3 is 4.90 Å². The smallest absolute Gasteiger partial charge is 0.100 e. The van der Waals surface area contributed by atoms with Crippen molar-refractivity contribution in [1.82, 2.24) is 0 Å². The van der Waals surface area contributed by atoms with Crippen LogP contribution in [-0.2, 0) is 0 Å². The topological polar surface area (TPSA) is 27.0 Å². The highest BCUT2D eigenvalue weighted by Crippen LogP contribution is 2.29. The van der Waals surface area contributed by atoms with Crippen molar-refractivity contribution >= 4 is 21.6 Å². The third kappa shape index (κ3) is 2.38. The Kier molecular flexibility index (Phi) is 3.50. The van der Waals surface area contributed by atoms with Crippen molar-refractivity contribution in [2.45, 2.75) is 19.3 Å². The summed E-state index contributed by atoms with van der Waals surface area (Å²) in [7, 11) is 2.12. The van der Waals surface area contributed by atoms with E-state index in [2.05, 4.69) is 33.9 Å². The van der Waals surface area contributed by atoms with Gasteiger partial charge in [0.1, 0.15) is 6.07 Å². The molecule has 84 valence electrons. The number of nitriles is 1. The first-order valence-electron chi connectivity index (χ1n) is 5.61. The Morgan fingerprint density at radius 1 is 1.50 bits per heavy atom. The van der Waals surface area contributed by atoms with Crippen LogP contribution < -0.4 is 4.90 Å². The van der Waals surface area contributed by atoms with Gasteiger partial charge in [0, 0.05) is 23.8 Å². The predicted molar refractivity (Wildman–Crippen MR) is 69.5 cm³/mol. The van der Waals surface area contributed by atoms with Gasteiger partial charge >= 0.3 is 0 Å². The minimum absolute atomic E-state index is 0.695. The van der Waals surface area contributed by atoms with Gasteiger partial charge in [-0.1, -0.05) is 6.42 Å². The van der Waals surface area contributed by atoms with Crippen LogP contribution >= 0.6 is 15.9 Å². The fourth-order valence-corrected chi connectivity index (χ4v) is 2.46. The molecule has 16 heavy (non-hydrogen) atoms. The number of nitrogens with zero attached hydrogens (tertiary/aromatic N) is 2. The Hall–Kier alpha value is -1.01. The van der Waals surface area contributed by atoms with Gasteiger partial charge in [0.15, 0.2) is 0 Å². The van der Waals surface area contributed by atoms with Gasteiger partial charge in [-0.2, -0.15) is 5.26 Å². The highest BCUT2D eigenvalue weighted by Gasteiger charge is 2.19. The number of halogens is 1. The van der Waals surface area contributed by atoms with Gasteiger partial charge in [-0.05, 0) is 52.9 Å². The highest BCUT2D eigenvalue weighted by molar-refractivity contribution is 9.10. The van der Waals surface area contributed by atoms with Crippen LogP contribution in [0.15, 0.2) is 22.7 Å². The number of rotatable bonds is 3. The Balaban J connectivity index is 2.08. The SMILES string of the molecule is CN(CC1CCC1)c1ccc(C#N)c(Br)c1. The highest BCUT2D eigenvalue weighted by atomic mass is 79.9. The van der Waals surface area contributed by atoms with Crippen LogP contribution in [0.5, 0.6) is 0 Å². The maximum atomic E-state index is 8.85. The molecular weight excluding hydrogens is 264 g/mol. The van der Waals surface area contributed by atoms with Crippen LogP contribution in [-0.4, -0.2) is 13.6 Å². The monoisotopic (exact) mass is 278 g/mol. The molecule has 2 rings (SSSR count). The summed E-state index contributed by atoms with van der Waals surface area (Å²) in [5, 5.41) is 8.85. The molecule has 0 N–H and O–H groups in total. The van der Waals surface area contributed by atoms with Crippen LogP contribution in [0.1, 0.15) is 24.8 Å². The Labute approximate surface area is 105 Å². The van der Waals surface area contributed by atoms with E-state index in [0.29, 0.717) is 5.56 Å². The van der Waals surface area contributed by atoms with Gasteiger partial charge in [0.05, 0.1) is 5.56 Å². The maximum Gasteiger partial charge on any atom is 0.100 e. The molecule has 0 bridgehead atoms. The van der Waals surface area contributed by atoms with E-state index in [0.717, 1.165) is 16.9 Å². The van der Waals surface area contributed by atoms with Crippen molar-refractivity contribution in [3.63, 3.8) is 0 Å². The third-order valence-corrected chi connectivity index (χ3v) is 3.93. The molecule has 0 atom stereocenters. The van der Waals surface area contributed by atoms with Gasteiger partial charge in [-0.15, -0.1) is 0 Å². The summed E-state index contributed by atoms with van der Waals surface area (Å²) in [4.78, 5) is 2.27. The predicted octanol–water partition coefficient (Wildman–Crippen LogP) is 3.56. The van der Waals surface area contributed by atoms with Crippen molar-refractivity contribution in [3.05, 3.63) is 28.2 Å². The molecule has 1 aliphatic carbocycles. The average molecular weight is 279 g/mol. The lowest BCUT2D eigenvalue weighted by Gasteiger charge is -2.31. The van der Waals surface area contributed by atoms with Crippen molar-refractivity contribution in [2.24, 2.45) is 5.92 Å². The summed E-state index contributed by atoms with van der Waals surface area (Å²) in [6.07, 6.45) is 4.11. The molecule has 0 spiro atoms. The number of hydrogen-bond donors (Lipinski definition) is 0. The molecule has 0 radical (unpaired) electrons. The molecule has 0 unspecified atom stereocenters. The molecule has 1 fully saturated rings. The fourth-order valence-electron chi connectivity index (χ4n) is 2.00. The number of anilines is 1. The lowest BCUT2D eigenvalue weighted by Crippen LogP contribution is -2.29. The van der Waals surface area contributed by atoms with E-state index in [4.69, 9.17) is 5.26 Å². The van der Waals surface area contributed by atoms with Crippen LogP contribution in [0.2, 0.25) is 0 Å². The van der Waals surface area contributed by atoms with Crippen molar-refractivity contribution in [3.8, 4) is 6.07 Å². The molecule has 0 heterocycles.